The number of benzene rings is 2. The predicted octanol–water partition coefficient (Wildman–Crippen LogP) is 4.53. The van der Waals surface area contributed by atoms with Crippen molar-refractivity contribution in [3.8, 4) is 0 Å². The number of carbonyl (C=O) groups excluding carboxylic acids is 1. The molecule has 0 radical (unpaired) electrons. The van der Waals surface area contributed by atoms with Gasteiger partial charge in [0.2, 0.25) is 15.0 Å². The molecule has 4 rings (SSSR count). The Labute approximate surface area is 190 Å². The van der Waals surface area contributed by atoms with Crippen LogP contribution in [0.25, 0.3) is 0 Å². The lowest BCUT2D eigenvalue weighted by atomic mass is 10.2. The van der Waals surface area contributed by atoms with Gasteiger partial charge in [-0.3, -0.25) is 4.79 Å². The Bertz CT molecular complexity index is 1180. The predicted molar refractivity (Wildman–Crippen MR) is 121 cm³/mol. The van der Waals surface area contributed by atoms with Crippen molar-refractivity contribution in [2.24, 2.45) is 0 Å². The molecule has 0 aliphatic carbocycles. The van der Waals surface area contributed by atoms with Gasteiger partial charge in [0, 0.05) is 17.3 Å². The smallest absolute Gasteiger partial charge is 0.286 e. The summed E-state index contributed by atoms with van der Waals surface area (Å²) in [6.45, 7) is 2.44. The largest absolute Gasteiger partial charge is 0.320 e. The number of aromatic nitrogens is 2. The molecule has 2 heterocycles. The summed E-state index contributed by atoms with van der Waals surface area (Å²) in [5.74, 6) is -0.395. The summed E-state index contributed by atoms with van der Waals surface area (Å²) in [5, 5.41) is 12.2. The average Bonchev–Trinajstić information content (AvgIpc) is 3.45. The van der Waals surface area contributed by atoms with Crippen molar-refractivity contribution in [3.63, 3.8) is 0 Å². The summed E-state index contributed by atoms with van der Waals surface area (Å²) in [6.07, 6.45) is 2.21. The Balaban J connectivity index is 1.53. The Kier molecular flexibility index (Phi) is 6.38. The number of amides is 1. The Morgan fingerprint density at radius 1 is 1.16 bits per heavy atom. The van der Waals surface area contributed by atoms with Crippen LogP contribution in [0.15, 0.2) is 53.4 Å². The number of nitrogens with one attached hydrogen (secondary N) is 1. The third kappa shape index (κ3) is 4.64. The number of sulfonamides is 1. The standard InChI is InChI=1S/C21H21ClN4O3S2/c1-2-14-5-11-17(12-6-14)31(28,29)26-13-3-4-18(26)20-24-25-21(30-20)19(27)23-16-9-7-15(22)8-10-16/h5-12,18H,2-4,13H2,1H3,(H,23,27)/t18-/m1/s1. The van der Waals surface area contributed by atoms with Crippen LogP contribution in [-0.2, 0) is 16.4 Å². The van der Waals surface area contributed by atoms with Gasteiger partial charge in [0.1, 0.15) is 5.01 Å². The molecular weight excluding hydrogens is 456 g/mol. The lowest BCUT2D eigenvalue weighted by molar-refractivity contribution is 0.102. The van der Waals surface area contributed by atoms with Gasteiger partial charge in [-0.15, -0.1) is 10.2 Å². The van der Waals surface area contributed by atoms with Crippen molar-refractivity contribution < 1.29 is 13.2 Å². The van der Waals surface area contributed by atoms with E-state index in [1.807, 2.05) is 19.1 Å². The van der Waals surface area contributed by atoms with E-state index >= 15 is 0 Å². The van der Waals surface area contributed by atoms with Gasteiger partial charge in [-0.25, -0.2) is 8.42 Å². The number of carbonyl (C=O) groups is 1. The van der Waals surface area contributed by atoms with Crippen LogP contribution < -0.4 is 5.32 Å². The molecular formula is C21H21ClN4O3S2. The van der Waals surface area contributed by atoms with Gasteiger partial charge >= 0.3 is 0 Å². The fraction of sp³-hybridized carbons (Fsp3) is 0.286. The van der Waals surface area contributed by atoms with E-state index in [1.54, 1.807) is 36.4 Å². The maximum absolute atomic E-state index is 13.2. The van der Waals surface area contributed by atoms with E-state index in [0.29, 0.717) is 28.7 Å². The molecule has 1 aliphatic rings. The van der Waals surface area contributed by atoms with Gasteiger partial charge in [0.05, 0.1) is 10.9 Å². The summed E-state index contributed by atoms with van der Waals surface area (Å²) in [5.41, 5.74) is 1.67. The summed E-state index contributed by atoms with van der Waals surface area (Å²) < 4.78 is 27.9. The van der Waals surface area contributed by atoms with Gasteiger partial charge in [-0.05, 0) is 61.2 Å². The number of rotatable bonds is 6. The van der Waals surface area contributed by atoms with Gasteiger partial charge in [-0.1, -0.05) is 42.0 Å². The SMILES string of the molecule is CCc1ccc(S(=O)(=O)N2CCC[C@@H]2c2nnc(C(=O)Nc3ccc(Cl)cc3)s2)cc1. The minimum absolute atomic E-state index is 0.182. The maximum Gasteiger partial charge on any atom is 0.286 e. The Hall–Kier alpha value is -2.33. The topological polar surface area (TPSA) is 92.3 Å². The third-order valence-electron chi connectivity index (χ3n) is 5.16. The molecule has 10 heteroatoms. The van der Waals surface area contributed by atoms with E-state index in [2.05, 4.69) is 15.5 Å². The summed E-state index contributed by atoms with van der Waals surface area (Å²) in [7, 11) is -3.67. The van der Waals surface area contributed by atoms with Crippen LogP contribution in [0.4, 0.5) is 5.69 Å². The lowest BCUT2D eigenvalue weighted by Gasteiger charge is -2.22. The molecule has 1 fully saturated rings. The van der Waals surface area contributed by atoms with Gasteiger partial charge in [0.15, 0.2) is 0 Å². The first kappa shape index (κ1) is 21.9. The maximum atomic E-state index is 13.2. The first-order valence-corrected chi connectivity index (χ1v) is 12.5. The molecule has 0 spiro atoms. The highest BCUT2D eigenvalue weighted by Crippen LogP contribution is 2.37. The first-order valence-electron chi connectivity index (χ1n) is 9.89. The zero-order chi connectivity index (χ0) is 22.0. The van der Waals surface area contributed by atoms with Crippen molar-refractivity contribution in [1.82, 2.24) is 14.5 Å². The number of halogens is 1. The molecule has 162 valence electrons. The summed E-state index contributed by atoms with van der Waals surface area (Å²) >= 11 is 6.98. The Morgan fingerprint density at radius 2 is 1.87 bits per heavy atom. The molecule has 2 aromatic carbocycles. The minimum Gasteiger partial charge on any atom is -0.320 e. The van der Waals surface area contributed by atoms with Gasteiger partial charge in [-0.2, -0.15) is 4.31 Å². The second-order valence-electron chi connectivity index (χ2n) is 7.18. The molecule has 0 bridgehead atoms. The molecule has 1 N–H and O–H groups in total. The average molecular weight is 477 g/mol. The highest BCUT2D eigenvalue weighted by Gasteiger charge is 2.38. The molecule has 1 aromatic heterocycles. The lowest BCUT2D eigenvalue weighted by Crippen LogP contribution is -2.30. The van der Waals surface area contributed by atoms with E-state index in [1.165, 1.54) is 4.31 Å². The fourth-order valence-corrected chi connectivity index (χ4v) is 6.23. The minimum atomic E-state index is -3.67. The van der Waals surface area contributed by atoms with Gasteiger partial charge in [0.25, 0.3) is 5.91 Å². The normalized spacial score (nSPS) is 17.0. The first-order chi connectivity index (χ1) is 14.9. The summed E-state index contributed by atoms with van der Waals surface area (Å²) in [6, 6.07) is 13.3. The number of nitrogens with zero attached hydrogens (tertiary/aromatic N) is 3. The van der Waals surface area contributed by atoms with Crippen LogP contribution in [0, 0.1) is 0 Å². The third-order valence-corrected chi connectivity index (χ3v) is 8.36. The molecule has 1 aliphatic heterocycles. The molecule has 7 nitrogen and oxygen atoms in total. The van der Waals surface area contributed by atoms with E-state index < -0.39 is 22.0 Å². The van der Waals surface area contributed by atoms with Crippen molar-refractivity contribution in [2.45, 2.75) is 37.1 Å². The Morgan fingerprint density at radius 3 is 2.55 bits per heavy atom. The van der Waals surface area contributed by atoms with Crippen molar-refractivity contribution in [3.05, 3.63) is 69.1 Å². The van der Waals surface area contributed by atoms with Crippen LogP contribution in [0.3, 0.4) is 0 Å². The van der Waals surface area contributed by atoms with Crippen molar-refractivity contribution in [2.75, 3.05) is 11.9 Å². The number of hydrogen-bond donors (Lipinski definition) is 1. The van der Waals surface area contributed by atoms with Crippen LogP contribution in [0.5, 0.6) is 0 Å². The van der Waals surface area contributed by atoms with E-state index in [4.69, 9.17) is 11.6 Å². The second-order valence-corrected chi connectivity index (χ2v) is 10.5. The number of anilines is 1. The molecule has 3 aromatic rings. The van der Waals surface area contributed by atoms with Gasteiger partial charge < -0.3 is 5.32 Å². The number of aryl methyl sites for hydroxylation is 1. The van der Waals surface area contributed by atoms with E-state index in [0.717, 1.165) is 29.7 Å². The van der Waals surface area contributed by atoms with E-state index in [-0.39, 0.29) is 9.90 Å². The van der Waals surface area contributed by atoms with Crippen LogP contribution >= 0.6 is 22.9 Å². The van der Waals surface area contributed by atoms with Crippen molar-refractivity contribution in [1.29, 1.82) is 0 Å². The number of hydrogen-bond acceptors (Lipinski definition) is 6. The second kappa shape index (κ2) is 9.04. The molecule has 1 saturated heterocycles. The zero-order valence-electron chi connectivity index (χ0n) is 16.8. The summed E-state index contributed by atoms with van der Waals surface area (Å²) in [4.78, 5) is 12.8. The van der Waals surface area contributed by atoms with Crippen LogP contribution in [-0.4, -0.2) is 35.4 Å². The van der Waals surface area contributed by atoms with Crippen LogP contribution in [0.2, 0.25) is 5.02 Å². The molecule has 1 atom stereocenters. The fourth-order valence-electron chi connectivity index (χ4n) is 3.49. The molecule has 0 unspecified atom stereocenters. The zero-order valence-corrected chi connectivity index (χ0v) is 19.2. The molecule has 0 saturated carbocycles. The quantitative estimate of drug-likeness (QED) is 0.564. The highest BCUT2D eigenvalue weighted by atomic mass is 35.5. The monoisotopic (exact) mass is 476 g/mol. The van der Waals surface area contributed by atoms with E-state index in [9.17, 15) is 13.2 Å². The molecule has 31 heavy (non-hydrogen) atoms. The van der Waals surface area contributed by atoms with Crippen molar-refractivity contribution >= 4 is 44.6 Å². The van der Waals surface area contributed by atoms with Crippen LogP contribution in [0.1, 0.15) is 46.2 Å². The molecule has 1 amide bonds. The highest BCUT2D eigenvalue weighted by molar-refractivity contribution is 7.89.